The maximum absolute atomic E-state index is 13.1. The Hall–Kier alpha value is -5.10. The van der Waals surface area contributed by atoms with Crippen LogP contribution in [-0.4, -0.2) is 22.6 Å². The Morgan fingerprint density at radius 2 is 1.49 bits per heavy atom. The fraction of sp³-hybridized carbons (Fsp3) is 0.0323. The summed E-state index contributed by atoms with van der Waals surface area (Å²) in [6.45, 7) is 2.01. The number of nitrogens with zero attached hydrogens (tertiary/aromatic N) is 1. The summed E-state index contributed by atoms with van der Waals surface area (Å²) in [4.78, 5) is 42.4. The van der Waals surface area contributed by atoms with Crippen LogP contribution in [0.25, 0.3) is 12.2 Å². The third-order valence-electron chi connectivity index (χ3n) is 5.46. The van der Waals surface area contributed by atoms with Crippen LogP contribution >= 0.6 is 0 Å². The minimum absolute atomic E-state index is 0.0584. The van der Waals surface area contributed by atoms with Crippen LogP contribution in [0.15, 0.2) is 115 Å². The number of aromatic nitrogens is 1. The number of amides is 2. The van der Waals surface area contributed by atoms with E-state index in [-0.39, 0.29) is 11.5 Å². The monoisotopic (exact) mass is 487 g/mol. The highest BCUT2D eigenvalue weighted by atomic mass is 16.2. The zero-order chi connectivity index (χ0) is 26.0. The molecule has 0 aliphatic heterocycles. The van der Waals surface area contributed by atoms with Gasteiger partial charge in [-0.05, 0) is 72.7 Å². The fourth-order valence-electron chi connectivity index (χ4n) is 3.43. The van der Waals surface area contributed by atoms with Crippen LogP contribution in [-0.2, 0) is 4.79 Å². The maximum atomic E-state index is 13.1. The largest absolute Gasteiger partial charge is 0.321 e. The van der Waals surface area contributed by atoms with E-state index in [1.54, 1.807) is 85.2 Å². The third kappa shape index (κ3) is 7.19. The molecule has 0 aliphatic carbocycles. The van der Waals surface area contributed by atoms with Gasteiger partial charge in [0.2, 0.25) is 0 Å². The molecule has 4 aromatic rings. The van der Waals surface area contributed by atoms with Crippen molar-refractivity contribution in [3.63, 3.8) is 0 Å². The SMILES string of the molecule is Cc1ccc(/C=C/C(=O)c2ccc(NC(=O)/C(=C/c3cccnc3)NC(=O)c3ccccc3)cc2)cc1. The van der Waals surface area contributed by atoms with Gasteiger partial charge in [0.05, 0.1) is 0 Å². The van der Waals surface area contributed by atoms with E-state index < -0.39 is 11.8 Å². The molecule has 4 rings (SSSR count). The van der Waals surface area contributed by atoms with Gasteiger partial charge in [-0.2, -0.15) is 0 Å². The number of benzene rings is 3. The summed E-state index contributed by atoms with van der Waals surface area (Å²) in [5, 5.41) is 5.46. The molecule has 0 radical (unpaired) electrons. The van der Waals surface area contributed by atoms with E-state index in [9.17, 15) is 14.4 Å². The van der Waals surface area contributed by atoms with Crippen molar-refractivity contribution in [2.75, 3.05) is 5.32 Å². The van der Waals surface area contributed by atoms with Crippen LogP contribution in [0.4, 0.5) is 5.69 Å². The molecule has 0 fully saturated rings. The predicted molar refractivity (Wildman–Crippen MR) is 146 cm³/mol. The van der Waals surface area contributed by atoms with E-state index in [4.69, 9.17) is 0 Å². The summed E-state index contributed by atoms with van der Waals surface area (Å²) < 4.78 is 0. The molecule has 2 amide bonds. The molecule has 182 valence electrons. The van der Waals surface area contributed by atoms with Gasteiger partial charge >= 0.3 is 0 Å². The lowest BCUT2D eigenvalue weighted by Crippen LogP contribution is -2.30. The van der Waals surface area contributed by atoms with Crippen molar-refractivity contribution in [1.82, 2.24) is 10.3 Å². The van der Waals surface area contributed by atoms with Crippen LogP contribution in [0.5, 0.6) is 0 Å². The molecule has 0 aliphatic rings. The van der Waals surface area contributed by atoms with Gasteiger partial charge in [0.1, 0.15) is 5.70 Å². The summed E-state index contributed by atoms with van der Waals surface area (Å²) in [6, 6.07) is 26.6. The highest BCUT2D eigenvalue weighted by Gasteiger charge is 2.15. The van der Waals surface area contributed by atoms with E-state index in [0.29, 0.717) is 22.4 Å². The first-order valence-corrected chi connectivity index (χ1v) is 11.7. The van der Waals surface area contributed by atoms with Gasteiger partial charge < -0.3 is 10.6 Å². The van der Waals surface area contributed by atoms with Crippen molar-refractivity contribution in [3.8, 4) is 0 Å². The van der Waals surface area contributed by atoms with E-state index in [1.165, 1.54) is 6.08 Å². The van der Waals surface area contributed by atoms with Gasteiger partial charge in [-0.3, -0.25) is 19.4 Å². The Kier molecular flexibility index (Phi) is 8.14. The third-order valence-corrected chi connectivity index (χ3v) is 5.46. The van der Waals surface area contributed by atoms with Crippen LogP contribution < -0.4 is 10.6 Å². The lowest BCUT2D eigenvalue weighted by atomic mass is 10.1. The lowest BCUT2D eigenvalue weighted by Gasteiger charge is -2.11. The average molecular weight is 488 g/mol. The molecule has 37 heavy (non-hydrogen) atoms. The Balaban J connectivity index is 1.47. The van der Waals surface area contributed by atoms with E-state index in [2.05, 4.69) is 15.6 Å². The summed E-state index contributed by atoms with van der Waals surface area (Å²) in [6.07, 6.45) is 8.05. The molecular formula is C31H25N3O3. The van der Waals surface area contributed by atoms with Crippen LogP contribution in [0.1, 0.15) is 37.4 Å². The smallest absolute Gasteiger partial charge is 0.272 e. The zero-order valence-electron chi connectivity index (χ0n) is 20.2. The fourth-order valence-corrected chi connectivity index (χ4v) is 3.43. The van der Waals surface area contributed by atoms with E-state index in [0.717, 1.165) is 11.1 Å². The number of rotatable bonds is 8. The number of hydrogen-bond donors (Lipinski definition) is 2. The first kappa shape index (κ1) is 25.0. The number of allylic oxidation sites excluding steroid dienone is 1. The summed E-state index contributed by atoms with van der Waals surface area (Å²) in [5.41, 5.74) is 4.20. The number of carbonyl (C=O) groups excluding carboxylic acids is 3. The number of hydrogen-bond acceptors (Lipinski definition) is 4. The first-order chi connectivity index (χ1) is 18.0. The van der Waals surface area contributed by atoms with Crippen LogP contribution in [0.3, 0.4) is 0 Å². The van der Waals surface area contributed by atoms with Gasteiger partial charge in [-0.25, -0.2) is 0 Å². The molecular weight excluding hydrogens is 462 g/mol. The maximum Gasteiger partial charge on any atom is 0.272 e. The second-order valence-corrected chi connectivity index (χ2v) is 8.30. The number of pyridine rings is 1. The van der Waals surface area contributed by atoms with E-state index in [1.807, 2.05) is 37.3 Å². The average Bonchev–Trinajstić information content (AvgIpc) is 2.93. The summed E-state index contributed by atoms with van der Waals surface area (Å²) >= 11 is 0. The Labute approximate surface area is 215 Å². The van der Waals surface area contributed by atoms with Gasteiger partial charge in [0.15, 0.2) is 5.78 Å². The van der Waals surface area contributed by atoms with Crippen molar-refractivity contribution < 1.29 is 14.4 Å². The van der Waals surface area contributed by atoms with Crippen LogP contribution in [0.2, 0.25) is 0 Å². The number of anilines is 1. The molecule has 2 N–H and O–H groups in total. The summed E-state index contributed by atoms with van der Waals surface area (Å²) in [7, 11) is 0. The molecule has 1 heterocycles. The number of aryl methyl sites for hydroxylation is 1. The molecule has 0 saturated heterocycles. The van der Waals surface area contributed by atoms with Gasteiger partial charge in [0.25, 0.3) is 11.8 Å². The Morgan fingerprint density at radius 1 is 0.757 bits per heavy atom. The first-order valence-electron chi connectivity index (χ1n) is 11.7. The number of carbonyl (C=O) groups is 3. The van der Waals surface area contributed by atoms with Crippen molar-refractivity contribution in [2.24, 2.45) is 0 Å². The number of nitrogens with one attached hydrogen (secondary N) is 2. The van der Waals surface area contributed by atoms with Crippen molar-refractivity contribution in [2.45, 2.75) is 6.92 Å². The predicted octanol–water partition coefficient (Wildman–Crippen LogP) is 5.70. The Morgan fingerprint density at radius 3 is 2.16 bits per heavy atom. The lowest BCUT2D eigenvalue weighted by molar-refractivity contribution is -0.113. The minimum atomic E-state index is -0.508. The van der Waals surface area contributed by atoms with Gasteiger partial charge in [0, 0.05) is 29.2 Å². The normalized spacial score (nSPS) is 11.2. The standard InChI is InChI=1S/C31H25N3O3/c1-22-9-11-23(12-10-22)13-18-29(35)25-14-16-27(17-15-25)33-31(37)28(20-24-6-5-19-32-21-24)34-30(36)26-7-3-2-4-8-26/h2-21H,1H3,(H,33,37)(H,34,36)/b18-13+,28-20-. The highest BCUT2D eigenvalue weighted by Crippen LogP contribution is 2.14. The van der Waals surface area contributed by atoms with Crippen molar-refractivity contribution in [1.29, 1.82) is 0 Å². The van der Waals surface area contributed by atoms with Crippen LogP contribution in [0, 0.1) is 6.92 Å². The molecule has 3 aromatic carbocycles. The highest BCUT2D eigenvalue weighted by molar-refractivity contribution is 6.11. The minimum Gasteiger partial charge on any atom is -0.321 e. The van der Waals surface area contributed by atoms with Gasteiger partial charge in [-0.15, -0.1) is 0 Å². The second kappa shape index (κ2) is 12.0. The molecule has 0 unspecified atom stereocenters. The van der Waals surface area contributed by atoms with Crippen molar-refractivity contribution >= 4 is 35.4 Å². The molecule has 1 aromatic heterocycles. The van der Waals surface area contributed by atoms with Crippen molar-refractivity contribution in [3.05, 3.63) is 143 Å². The van der Waals surface area contributed by atoms with Gasteiger partial charge in [-0.1, -0.05) is 60.2 Å². The Bertz CT molecular complexity index is 1440. The molecule has 6 nitrogen and oxygen atoms in total. The molecule has 6 heteroatoms. The molecule has 0 saturated carbocycles. The quantitative estimate of drug-likeness (QED) is 0.247. The molecule has 0 atom stereocenters. The second-order valence-electron chi connectivity index (χ2n) is 8.30. The zero-order valence-corrected chi connectivity index (χ0v) is 20.2. The topological polar surface area (TPSA) is 88.2 Å². The summed E-state index contributed by atoms with van der Waals surface area (Å²) in [5.74, 6) is -1.07. The number of ketones is 1. The molecule has 0 bridgehead atoms. The molecule has 0 spiro atoms. The van der Waals surface area contributed by atoms with E-state index >= 15 is 0 Å².